The number of rotatable bonds is 10. The van der Waals surface area contributed by atoms with Gasteiger partial charge in [0.2, 0.25) is 0 Å². The topological polar surface area (TPSA) is 122 Å². The van der Waals surface area contributed by atoms with E-state index in [1.54, 1.807) is 65.8 Å². The minimum atomic E-state index is -0.725. The summed E-state index contributed by atoms with van der Waals surface area (Å²) in [5.74, 6) is -1.20. The van der Waals surface area contributed by atoms with Crippen LogP contribution in [-0.4, -0.2) is 53.4 Å². The van der Waals surface area contributed by atoms with Crippen molar-refractivity contribution in [2.24, 2.45) is 0 Å². The average Bonchev–Trinajstić information content (AvgIpc) is 3.35. The third-order valence-electron chi connectivity index (χ3n) is 6.96. The predicted octanol–water partition coefficient (Wildman–Crippen LogP) is 7.71. The fraction of sp³-hybridized carbons (Fsp3) is 0.361. The van der Waals surface area contributed by atoms with E-state index in [2.05, 4.69) is 20.9 Å². The Labute approximate surface area is 273 Å². The number of aromatic nitrogens is 1. The lowest BCUT2D eigenvalue weighted by atomic mass is 9.98. The Kier molecular flexibility index (Phi) is 10.9. The number of benzene rings is 3. The highest BCUT2D eigenvalue weighted by molar-refractivity contribution is 6.10. The Balaban J connectivity index is 1.56. The second kappa shape index (κ2) is 14.7. The molecule has 0 aliphatic heterocycles. The van der Waals surface area contributed by atoms with Crippen molar-refractivity contribution < 1.29 is 32.6 Å². The molecule has 0 fully saturated rings. The van der Waals surface area contributed by atoms with Crippen molar-refractivity contribution in [2.45, 2.75) is 71.6 Å². The quantitative estimate of drug-likeness (QED) is 0.131. The van der Waals surface area contributed by atoms with E-state index in [4.69, 9.17) is 9.47 Å². The fourth-order valence-electron chi connectivity index (χ4n) is 4.96. The first kappa shape index (κ1) is 34.9. The highest BCUT2D eigenvalue weighted by Gasteiger charge is 2.24. The fourth-order valence-corrected chi connectivity index (χ4v) is 4.96. The molecule has 0 bridgehead atoms. The summed E-state index contributed by atoms with van der Waals surface area (Å²) in [6, 6.07) is 17.0. The number of carbonyl (C=O) groups is 3. The highest BCUT2D eigenvalue weighted by Crippen LogP contribution is 2.35. The Morgan fingerprint density at radius 1 is 0.745 bits per heavy atom. The minimum Gasteiger partial charge on any atom is -0.444 e. The zero-order chi connectivity index (χ0) is 34.4. The zero-order valence-corrected chi connectivity index (χ0v) is 27.6. The Morgan fingerprint density at radius 3 is 1.89 bits per heavy atom. The molecule has 0 aliphatic carbocycles. The van der Waals surface area contributed by atoms with Gasteiger partial charge in [-0.1, -0.05) is 30.3 Å². The molecule has 3 aromatic carbocycles. The molecular weight excluding hydrogens is 606 g/mol. The van der Waals surface area contributed by atoms with Crippen LogP contribution in [0, 0.1) is 11.6 Å². The molecule has 9 nitrogen and oxygen atoms in total. The van der Waals surface area contributed by atoms with Crippen LogP contribution in [0.1, 0.15) is 64.9 Å². The summed E-state index contributed by atoms with van der Waals surface area (Å²) in [5, 5.41) is 9.15. The lowest BCUT2D eigenvalue weighted by Crippen LogP contribution is -2.46. The van der Waals surface area contributed by atoms with Crippen LogP contribution in [0.15, 0.2) is 66.7 Å². The second-order valence-corrected chi connectivity index (χ2v) is 13.3. The molecule has 0 saturated heterocycles. The molecule has 3 amide bonds. The normalized spacial score (nSPS) is 12.3. The molecule has 0 aliphatic rings. The number of fused-ring (bicyclic) bond motifs is 1. The first-order valence-electron chi connectivity index (χ1n) is 15.5. The number of alkyl carbamates (subject to hydrolysis) is 2. The van der Waals surface area contributed by atoms with E-state index in [9.17, 15) is 23.2 Å². The molecule has 4 N–H and O–H groups in total. The molecule has 4 rings (SSSR count). The van der Waals surface area contributed by atoms with Crippen LogP contribution >= 0.6 is 0 Å². The van der Waals surface area contributed by atoms with Crippen molar-refractivity contribution in [1.82, 2.24) is 20.9 Å². The lowest BCUT2D eigenvalue weighted by Gasteiger charge is -2.24. The second-order valence-electron chi connectivity index (χ2n) is 13.3. The number of nitrogens with one attached hydrogen (secondary N) is 4. The third kappa shape index (κ3) is 10.3. The molecule has 1 heterocycles. The van der Waals surface area contributed by atoms with E-state index in [1.165, 1.54) is 24.3 Å². The maximum Gasteiger partial charge on any atom is 0.407 e. The number of ether oxygens (including phenoxy) is 2. The first-order valence-corrected chi connectivity index (χ1v) is 15.5. The number of hydrogen-bond acceptors (Lipinski definition) is 5. The maximum atomic E-state index is 13.9. The van der Waals surface area contributed by atoms with Crippen LogP contribution in [0.2, 0.25) is 0 Å². The van der Waals surface area contributed by atoms with Gasteiger partial charge in [-0.2, -0.15) is 0 Å². The van der Waals surface area contributed by atoms with E-state index >= 15 is 0 Å². The summed E-state index contributed by atoms with van der Waals surface area (Å²) in [7, 11) is 0. The van der Waals surface area contributed by atoms with Crippen LogP contribution in [0.25, 0.3) is 33.2 Å². The van der Waals surface area contributed by atoms with E-state index < -0.39 is 41.2 Å². The van der Waals surface area contributed by atoms with Crippen molar-refractivity contribution in [3.63, 3.8) is 0 Å². The number of halogens is 2. The molecule has 11 heteroatoms. The standard InChI is InChI=1S/C36H42F2N4O5/c1-35(2,3)46-33(44)39-19-7-8-27(41-34(45)47-36(4,5)6)21-40-32(43)31-30(23-11-16-26(38)17-12-23)28-20-24(13-18-29(28)42-31)22-9-14-25(37)15-10-22/h9-18,20,27,42H,7-8,19,21H2,1-6H3,(H,39,44)(H,40,43)(H,41,45)/t27-/m0/s1. The van der Waals surface area contributed by atoms with Gasteiger partial charge in [0.15, 0.2) is 0 Å². The van der Waals surface area contributed by atoms with Gasteiger partial charge in [-0.05, 0) is 107 Å². The lowest BCUT2D eigenvalue weighted by molar-refractivity contribution is 0.0487. The van der Waals surface area contributed by atoms with Crippen molar-refractivity contribution in [2.75, 3.05) is 13.1 Å². The van der Waals surface area contributed by atoms with Gasteiger partial charge in [0.25, 0.3) is 5.91 Å². The van der Waals surface area contributed by atoms with Crippen LogP contribution in [0.3, 0.4) is 0 Å². The highest BCUT2D eigenvalue weighted by atomic mass is 19.1. The summed E-state index contributed by atoms with van der Waals surface area (Å²) in [6.07, 6.45) is -0.289. The minimum absolute atomic E-state index is 0.0591. The number of carbonyl (C=O) groups excluding carboxylic acids is 3. The van der Waals surface area contributed by atoms with Gasteiger partial charge in [-0.3, -0.25) is 4.79 Å². The number of hydrogen-bond donors (Lipinski definition) is 4. The molecule has 1 aromatic heterocycles. The molecule has 47 heavy (non-hydrogen) atoms. The molecular formula is C36H42F2N4O5. The van der Waals surface area contributed by atoms with E-state index in [-0.39, 0.29) is 18.1 Å². The van der Waals surface area contributed by atoms with E-state index in [0.717, 1.165) is 16.5 Å². The van der Waals surface area contributed by atoms with Gasteiger partial charge in [-0.25, -0.2) is 18.4 Å². The van der Waals surface area contributed by atoms with Crippen LogP contribution in [0.4, 0.5) is 18.4 Å². The molecule has 0 radical (unpaired) electrons. The van der Waals surface area contributed by atoms with Crippen molar-refractivity contribution in [1.29, 1.82) is 0 Å². The van der Waals surface area contributed by atoms with Gasteiger partial charge < -0.3 is 30.4 Å². The van der Waals surface area contributed by atoms with Gasteiger partial charge in [0, 0.05) is 35.6 Å². The van der Waals surface area contributed by atoms with E-state index in [0.29, 0.717) is 36.0 Å². The van der Waals surface area contributed by atoms with Gasteiger partial charge >= 0.3 is 12.2 Å². The van der Waals surface area contributed by atoms with Crippen molar-refractivity contribution in [3.8, 4) is 22.3 Å². The van der Waals surface area contributed by atoms with Crippen LogP contribution in [0.5, 0.6) is 0 Å². The zero-order valence-electron chi connectivity index (χ0n) is 27.6. The third-order valence-corrected chi connectivity index (χ3v) is 6.96. The van der Waals surface area contributed by atoms with Crippen LogP contribution < -0.4 is 16.0 Å². The number of H-pyrrole nitrogens is 1. The van der Waals surface area contributed by atoms with Crippen molar-refractivity contribution in [3.05, 3.63) is 84.1 Å². The molecule has 4 aromatic rings. The van der Waals surface area contributed by atoms with Gasteiger partial charge in [0.05, 0.1) is 0 Å². The Morgan fingerprint density at radius 2 is 1.30 bits per heavy atom. The smallest absolute Gasteiger partial charge is 0.407 e. The predicted molar refractivity (Wildman–Crippen MR) is 178 cm³/mol. The summed E-state index contributed by atoms with van der Waals surface area (Å²) in [5.41, 5.74) is 2.37. The molecule has 0 saturated carbocycles. The molecule has 0 unspecified atom stereocenters. The number of aromatic amines is 1. The molecule has 250 valence electrons. The SMILES string of the molecule is CC(C)(C)OC(=O)NCCC[C@@H](CNC(=O)c1[nH]c2ccc(-c3ccc(F)cc3)cc2c1-c1ccc(F)cc1)NC(=O)OC(C)(C)C. The number of amides is 3. The van der Waals surface area contributed by atoms with Crippen molar-refractivity contribution >= 4 is 29.0 Å². The summed E-state index contributed by atoms with van der Waals surface area (Å²) >= 11 is 0. The monoisotopic (exact) mass is 648 g/mol. The average molecular weight is 649 g/mol. The van der Waals surface area contributed by atoms with Gasteiger partial charge in [-0.15, -0.1) is 0 Å². The van der Waals surface area contributed by atoms with E-state index in [1.807, 2.05) is 18.2 Å². The van der Waals surface area contributed by atoms with Gasteiger partial charge in [0.1, 0.15) is 28.5 Å². The van der Waals surface area contributed by atoms with Crippen LogP contribution in [-0.2, 0) is 9.47 Å². The largest absolute Gasteiger partial charge is 0.444 e. The molecule has 0 spiro atoms. The first-order chi connectivity index (χ1) is 22.1. The Hall–Kier alpha value is -4.93. The summed E-state index contributed by atoms with van der Waals surface area (Å²) in [6.45, 7) is 10.9. The summed E-state index contributed by atoms with van der Waals surface area (Å²) < 4.78 is 38.2. The Bertz CT molecular complexity index is 1700. The maximum absolute atomic E-state index is 13.9. The summed E-state index contributed by atoms with van der Waals surface area (Å²) in [4.78, 5) is 41.7. The molecule has 1 atom stereocenters.